The monoisotopic (exact) mass is 318 g/mol. The first-order valence-electron chi connectivity index (χ1n) is 8.05. The van der Waals surface area contributed by atoms with E-state index in [1.54, 1.807) is 0 Å². The van der Waals surface area contributed by atoms with Crippen LogP contribution in [0.5, 0.6) is 0 Å². The van der Waals surface area contributed by atoms with E-state index in [-0.39, 0.29) is 6.10 Å². The molecule has 2 atom stereocenters. The molecule has 0 fully saturated rings. The zero-order chi connectivity index (χ0) is 15.9. The molecule has 2 unspecified atom stereocenters. The smallest absolute Gasteiger partial charge is 0.146 e. The van der Waals surface area contributed by atoms with Crippen LogP contribution in [0, 0.1) is 0 Å². The molecule has 0 saturated heterocycles. The Bertz CT molecular complexity index is 698. The second-order valence-corrected chi connectivity index (χ2v) is 6.25. The van der Waals surface area contributed by atoms with Crippen molar-refractivity contribution in [3.63, 3.8) is 0 Å². The van der Waals surface area contributed by atoms with Crippen molar-refractivity contribution in [2.75, 3.05) is 0 Å². The predicted octanol–water partition coefficient (Wildman–Crippen LogP) is 4.05. The first-order valence-corrected chi connectivity index (χ1v) is 8.86. The average molecular weight is 318 g/mol. The molecular formula is C21H22OSi. The summed E-state index contributed by atoms with van der Waals surface area (Å²) in [5.74, 6) is 0.318. The topological polar surface area (TPSA) is 9.23 Å². The Labute approximate surface area is 141 Å². The van der Waals surface area contributed by atoms with Gasteiger partial charge >= 0.3 is 0 Å². The van der Waals surface area contributed by atoms with Crippen molar-refractivity contribution in [1.29, 1.82) is 0 Å². The summed E-state index contributed by atoms with van der Waals surface area (Å²) in [6.07, 6.45) is 1.08. The Morgan fingerprint density at radius 3 is 1.65 bits per heavy atom. The van der Waals surface area contributed by atoms with Gasteiger partial charge in [0.2, 0.25) is 0 Å². The largest absolute Gasteiger partial charge is 0.420 e. The summed E-state index contributed by atoms with van der Waals surface area (Å²) in [6.45, 7) is 0. The van der Waals surface area contributed by atoms with Crippen LogP contribution in [-0.2, 0) is 10.8 Å². The summed E-state index contributed by atoms with van der Waals surface area (Å²) in [5.41, 5.74) is 3.94. The fourth-order valence-corrected chi connectivity index (χ4v) is 3.74. The van der Waals surface area contributed by atoms with E-state index >= 15 is 0 Å². The highest BCUT2D eigenvalue weighted by atomic mass is 28.2. The number of hydrogen-bond acceptors (Lipinski definition) is 1. The van der Waals surface area contributed by atoms with E-state index in [0.717, 1.165) is 16.9 Å². The highest BCUT2D eigenvalue weighted by Gasteiger charge is 2.24. The lowest BCUT2D eigenvalue weighted by atomic mass is 9.84. The van der Waals surface area contributed by atoms with Gasteiger partial charge in [-0.2, -0.15) is 0 Å². The van der Waals surface area contributed by atoms with Gasteiger partial charge in [-0.05, 0) is 23.1 Å². The minimum absolute atomic E-state index is 0.102. The lowest BCUT2D eigenvalue weighted by molar-refractivity contribution is 0.188. The summed E-state index contributed by atoms with van der Waals surface area (Å²) < 4.78 is 6.06. The summed E-state index contributed by atoms with van der Waals surface area (Å²) in [5, 5.41) is 0. The second kappa shape index (κ2) is 7.91. The highest BCUT2D eigenvalue weighted by molar-refractivity contribution is 5.98. The minimum atomic E-state index is 0.102. The van der Waals surface area contributed by atoms with Gasteiger partial charge in [-0.25, -0.2) is 0 Å². The maximum Gasteiger partial charge on any atom is 0.146 e. The van der Waals surface area contributed by atoms with E-state index < -0.39 is 0 Å². The van der Waals surface area contributed by atoms with Crippen LogP contribution in [0.15, 0.2) is 91.0 Å². The SMILES string of the molecule is [SiH3]OC(c1ccccc1)C(Cc1ccccc1)c1ccccc1. The first kappa shape index (κ1) is 15.7. The highest BCUT2D eigenvalue weighted by Crippen LogP contribution is 2.36. The Kier molecular flexibility index (Phi) is 5.40. The van der Waals surface area contributed by atoms with Crippen LogP contribution < -0.4 is 0 Å². The van der Waals surface area contributed by atoms with E-state index in [0.29, 0.717) is 5.92 Å². The van der Waals surface area contributed by atoms with Crippen molar-refractivity contribution < 1.29 is 4.43 Å². The van der Waals surface area contributed by atoms with Gasteiger partial charge in [0.15, 0.2) is 0 Å². The van der Waals surface area contributed by atoms with Gasteiger partial charge < -0.3 is 4.43 Å². The molecule has 3 aromatic rings. The standard InChI is InChI=1S/C21H22OSi/c23-22-21(19-14-8-3-9-15-19)20(18-12-6-2-7-13-18)16-17-10-4-1-5-11-17/h1-15,20-21H,16H2,23H3. The molecule has 23 heavy (non-hydrogen) atoms. The molecule has 116 valence electrons. The van der Waals surface area contributed by atoms with Crippen molar-refractivity contribution in [1.82, 2.24) is 0 Å². The van der Waals surface area contributed by atoms with Crippen LogP contribution in [0.2, 0.25) is 0 Å². The van der Waals surface area contributed by atoms with Gasteiger partial charge in [-0.1, -0.05) is 91.0 Å². The van der Waals surface area contributed by atoms with E-state index in [9.17, 15) is 0 Å². The third-order valence-corrected chi connectivity index (χ3v) is 4.78. The molecular weight excluding hydrogens is 296 g/mol. The molecule has 0 heterocycles. The summed E-state index contributed by atoms with van der Waals surface area (Å²) in [6, 6.07) is 32.0. The van der Waals surface area contributed by atoms with Gasteiger partial charge in [-0.3, -0.25) is 0 Å². The zero-order valence-corrected chi connectivity index (χ0v) is 15.4. The van der Waals surface area contributed by atoms with E-state index in [1.165, 1.54) is 16.7 Å². The number of hydrogen-bond donors (Lipinski definition) is 0. The molecule has 3 rings (SSSR count). The van der Waals surface area contributed by atoms with Crippen LogP contribution in [-0.4, -0.2) is 10.5 Å². The van der Waals surface area contributed by atoms with Crippen LogP contribution in [0.25, 0.3) is 0 Å². The fourth-order valence-electron chi connectivity index (χ4n) is 3.14. The molecule has 0 aromatic heterocycles. The van der Waals surface area contributed by atoms with Crippen molar-refractivity contribution in [3.05, 3.63) is 108 Å². The van der Waals surface area contributed by atoms with Gasteiger partial charge in [0, 0.05) is 5.92 Å². The zero-order valence-electron chi connectivity index (χ0n) is 13.4. The van der Waals surface area contributed by atoms with Crippen molar-refractivity contribution in [3.8, 4) is 0 Å². The van der Waals surface area contributed by atoms with Crippen LogP contribution >= 0.6 is 0 Å². The van der Waals surface area contributed by atoms with Crippen LogP contribution in [0.1, 0.15) is 28.7 Å². The Hall–Kier alpha value is -2.16. The molecule has 0 N–H and O–H groups in total. The third kappa shape index (κ3) is 3.98. The lowest BCUT2D eigenvalue weighted by Crippen LogP contribution is -2.16. The molecule has 2 heteroatoms. The van der Waals surface area contributed by atoms with Gasteiger partial charge in [0.05, 0.1) is 6.10 Å². The predicted molar refractivity (Wildman–Crippen MR) is 99.5 cm³/mol. The Morgan fingerprint density at radius 1 is 0.652 bits per heavy atom. The molecule has 0 radical (unpaired) electrons. The number of rotatable bonds is 6. The Balaban J connectivity index is 1.97. The maximum absolute atomic E-state index is 6.06. The Morgan fingerprint density at radius 2 is 1.13 bits per heavy atom. The van der Waals surface area contributed by atoms with Crippen LogP contribution in [0.4, 0.5) is 0 Å². The van der Waals surface area contributed by atoms with E-state index in [1.807, 2.05) is 0 Å². The van der Waals surface area contributed by atoms with Crippen LogP contribution in [0.3, 0.4) is 0 Å². The van der Waals surface area contributed by atoms with Crippen molar-refractivity contribution in [2.45, 2.75) is 18.4 Å². The van der Waals surface area contributed by atoms with Gasteiger partial charge in [-0.15, -0.1) is 0 Å². The van der Waals surface area contributed by atoms with E-state index in [2.05, 4.69) is 91.0 Å². The minimum Gasteiger partial charge on any atom is -0.420 e. The lowest BCUT2D eigenvalue weighted by Gasteiger charge is -2.28. The van der Waals surface area contributed by atoms with Crippen molar-refractivity contribution in [2.24, 2.45) is 0 Å². The average Bonchev–Trinajstić information content (AvgIpc) is 2.64. The third-order valence-electron chi connectivity index (χ3n) is 4.27. The molecule has 0 saturated carbocycles. The normalized spacial score (nSPS) is 13.6. The summed E-state index contributed by atoms with van der Waals surface area (Å²) in [4.78, 5) is 0. The fraction of sp³-hybridized carbons (Fsp3) is 0.143. The van der Waals surface area contributed by atoms with Gasteiger partial charge in [0.1, 0.15) is 10.5 Å². The quantitative estimate of drug-likeness (QED) is 0.623. The molecule has 3 aromatic carbocycles. The summed E-state index contributed by atoms with van der Waals surface area (Å²) >= 11 is 0. The summed E-state index contributed by atoms with van der Waals surface area (Å²) in [7, 11) is 0.723. The molecule has 1 nitrogen and oxygen atoms in total. The molecule has 0 amide bonds. The maximum atomic E-state index is 6.06. The van der Waals surface area contributed by atoms with Crippen molar-refractivity contribution >= 4 is 10.5 Å². The first-order chi connectivity index (χ1) is 11.4. The van der Waals surface area contributed by atoms with E-state index in [4.69, 9.17) is 4.43 Å². The molecule has 0 aliphatic carbocycles. The molecule has 0 aliphatic heterocycles. The molecule has 0 bridgehead atoms. The second-order valence-electron chi connectivity index (χ2n) is 5.77. The number of benzene rings is 3. The molecule has 0 aliphatic rings. The molecule has 0 spiro atoms. The van der Waals surface area contributed by atoms with Gasteiger partial charge in [0.25, 0.3) is 0 Å².